The van der Waals surface area contributed by atoms with Crippen LogP contribution in [-0.4, -0.2) is 34.6 Å². The van der Waals surface area contributed by atoms with Crippen LogP contribution in [0.1, 0.15) is 47.9 Å². The molecule has 38 heavy (non-hydrogen) atoms. The van der Waals surface area contributed by atoms with E-state index in [4.69, 9.17) is 0 Å². The van der Waals surface area contributed by atoms with Crippen molar-refractivity contribution < 1.29 is 41.1 Å². The van der Waals surface area contributed by atoms with Crippen LogP contribution >= 0.6 is 15.9 Å². The number of hydrogen-bond donors (Lipinski definition) is 0. The van der Waals surface area contributed by atoms with E-state index >= 15 is 0 Å². The zero-order valence-electron chi connectivity index (χ0n) is 18.6. The van der Waals surface area contributed by atoms with E-state index in [0.29, 0.717) is 10.9 Å². The van der Waals surface area contributed by atoms with E-state index in [1.165, 1.54) is 12.1 Å². The van der Waals surface area contributed by atoms with Crippen LogP contribution in [0, 0.1) is 29.1 Å². The molecule has 190 valence electrons. The highest BCUT2D eigenvalue weighted by atomic mass is 79.9. The largest absolute Gasteiger partial charge is 0.269 e. The van der Waals surface area contributed by atoms with Crippen molar-refractivity contribution >= 4 is 56.0 Å². The molecule has 0 aromatic heterocycles. The van der Waals surface area contributed by atoms with Crippen molar-refractivity contribution in [3.8, 4) is 0 Å². The Morgan fingerprint density at radius 2 is 1.08 bits per heavy atom. The van der Waals surface area contributed by atoms with Crippen LogP contribution in [0.2, 0.25) is 0 Å². The zero-order valence-corrected chi connectivity index (χ0v) is 20.2. The molecule has 1 atom stereocenters. The molecule has 0 bridgehead atoms. The van der Waals surface area contributed by atoms with Crippen molar-refractivity contribution in [1.82, 2.24) is 4.90 Å². The molecule has 2 heterocycles. The van der Waals surface area contributed by atoms with E-state index in [0.717, 1.165) is 17.0 Å². The number of allylic oxidation sites excluding steroid dienone is 2. The molecule has 12 heteroatoms. The molecule has 2 aliphatic heterocycles. The lowest BCUT2D eigenvalue weighted by Gasteiger charge is -2.35. The van der Waals surface area contributed by atoms with Crippen molar-refractivity contribution in [2.24, 2.45) is 0 Å². The Morgan fingerprint density at radius 1 is 0.658 bits per heavy atom. The van der Waals surface area contributed by atoms with E-state index < -0.39 is 64.4 Å². The van der Waals surface area contributed by atoms with Gasteiger partial charge in [-0.1, -0.05) is 28.1 Å². The van der Waals surface area contributed by atoms with Crippen molar-refractivity contribution in [3.63, 3.8) is 0 Å². The minimum Gasteiger partial charge on any atom is -0.269 e. The van der Waals surface area contributed by atoms with Gasteiger partial charge in [-0.25, -0.2) is 26.9 Å². The predicted octanol–water partition coefficient (Wildman–Crippen LogP) is 5.54. The van der Waals surface area contributed by atoms with Gasteiger partial charge >= 0.3 is 0 Å². The van der Waals surface area contributed by atoms with Crippen molar-refractivity contribution in [3.05, 3.63) is 98.3 Å². The Labute approximate surface area is 217 Å². The van der Waals surface area contributed by atoms with Crippen LogP contribution in [0.25, 0.3) is 10.8 Å². The number of halogens is 6. The number of carbonyl (C=O) groups excluding carboxylic acids is 4. The Kier molecular flexibility index (Phi) is 5.18. The van der Waals surface area contributed by atoms with Gasteiger partial charge in [0.15, 0.2) is 23.3 Å². The number of imide groups is 2. The van der Waals surface area contributed by atoms with Gasteiger partial charge in [-0.05, 0) is 36.8 Å². The lowest BCUT2D eigenvalue weighted by Crippen LogP contribution is -2.47. The molecule has 3 aromatic rings. The average Bonchev–Trinajstić information content (AvgIpc) is 2.90. The Bertz CT molecular complexity index is 1670. The molecule has 0 saturated carbocycles. The first-order valence-corrected chi connectivity index (χ1v) is 11.8. The Balaban J connectivity index is 1.55. The van der Waals surface area contributed by atoms with Crippen molar-refractivity contribution in [2.75, 3.05) is 4.90 Å². The molecular formula is C26H10BrF5N2O4. The predicted molar refractivity (Wildman–Crippen MR) is 126 cm³/mol. The van der Waals surface area contributed by atoms with E-state index in [1.807, 2.05) is 0 Å². The third-order valence-electron chi connectivity index (χ3n) is 6.67. The van der Waals surface area contributed by atoms with E-state index in [2.05, 4.69) is 15.9 Å². The second-order valence-corrected chi connectivity index (χ2v) is 9.59. The maximum Gasteiger partial charge on any atom is 0.266 e. The molecule has 4 amide bonds. The summed E-state index contributed by atoms with van der Waals surface area (Å²) in [5.74, 6) is -16.0. The SMILES string of the molecule is O=C1c2ccc3c4c(ccc(c24)C(=O)N1c1c(F)c(F)c(F)c(F)c1F)C(=O)N(C1C=C(Br)C=CC1)C3=O. The smallest absolute Gasteiger partial charge is 0.266 e. The minimum atomic E-state index is -2.45. The molecule has 0 saturated heterocycles. The van der Waals surface area contributed by atoms with Crippen LogP contribution in [-0.2, 0) is 0 Å². The number of amides is 4. The normalized spacial score (nSPS) is 18.6. The molecule has 6 nitrogen and oxygen atoms in total. The zero-order chi connectivity index (χ0) is 27.2. The standard InChI is InChI=1S/C26H10BrF5N2O4/c27-9-2-1-3-10(8-9)33-23(35)11-4-6-13-16-14(7-5-12(15(11)16)24(33)36)26(38)34(25(13)37)22-20(31)18(29)17(28)19(30)21(22)32/h1-2,4-8,10H,3H2. The van der Waals surface area contributed by atoms with Gasteiger partial charge in [0.25, 0.3) is 23.6 Å². The summed E-state index contributed by atoms with van der Waals surface area (Å²) in [6.07, 6.45) is 5.58. The van der Waals surface area contributed by atoms with Gasteiger partial charge in [-0.3, -0.25) is 24.1 Å². The first kappa shape index (κ1) is 24.2. The molecule has 0 fully saturated rings. The highest BCUT2D eigenvalue weighted by Gasteiger charge is 2.44. The molecule has 1 unspecified atom stereocenters. The summed E-state index contributed by atoms with van der Waals surface area (Å²) >= 11 is 3.32. The summed E-state index contributed by atoms with van der Waals surface area (Å²) in [7, 11) is 0. The minimum absolute atomic E-state index is 0.00422. The molecular weight excluding hydrogens is 579 g/mol. The highest BCUT2D eigenvalue weighted by Crippen LogP contribution is 2.41. The second kappa shape index (κ2) is 8.15. The Hall–Kier alpha value is -4.19. The third kappa shape index (κ3) is 3.03. The van der Waals surface area contributed by atoms with E-state index in [9.17, 15) is 41.1 Å². The fourth-order valence-electron chi connectivity index (χ4n) is 4.99. The number of anilines is 1. The van der Waals surface area contributed by atoms with Crippen molar-refractivity contribution in [1.29, 1.82) is 0 Å². The van der Waals surface area contributed by atoms with Gasteiger partial charge in [0.1, 0.15) is 5.69 Å². The fourth-order valence-corrected chi connectivity index (χ4v) is 5.49. The average molecular weight is 589 g/mol. The highest BCUT2D eigenvalue weighted by molar-refractivity contribution is 9.11. The van der Waals surface area contributed by atoms with Crippen LogP contribution in [0.5, 0.6) is 0 Å². The van der Waals surface area contributed by atoms with Crippen LogP contribution in [0.15, 0.2) is 47.0 Å². The quantitative estimate of drug-likeness (QED) is 0.170. The van der Waals surface area contributed by atoms with E-state index in [-0.39, 0.29) is 37.9 Å². The van der Waals surface area contributed by atoms with Crippen LogP contribution in [0.4, 0.5) is 27.6 Å². The van der Waals surface area contributed by atoms with Gasteiger partial charge in [-0.2, -0.15) is 0 Å². The fraction of sp³-hybridized carbons (Fsp3) is 0.0769. The summed E-state index contributed by atoms with van der Waals surface area (Å²) < 4.78 is 71.2. The van der Waals surface area contributed by atoms with Gasteiger partial charge in [-0.15, -0.1) is 0 Å². The maximum absolute atomic E-state index is 14.6. The lowest BCUT2D eigenvalue weighted by atomic mass is 9.85. The van der Waals surface area contributed by atoms with Gasteiger partial charge < -0.3 is 0 Å². The number of nitrogens with zero attached hydrogens (tertiary/aromatic N) is 2. The van der Waals surface area contributed by atoms with Crippen LogP contribution in [0.3, 0.4) is 0 Å². The number of carbonyl (C=O) groups is 4. The van der Waals surface area contributed by atoms with Crippen molar-refractivity contribution in [2.45, 2.75) is 12.5 Å². The molecule has 0 spiro atoms. The molecule has 3 aromatic carbocycles. The number of benzene rings is 3. The topological polar surface area (TPSA) is 74.8 Å². The molecule has 1 aliphatic carbocycles. The first-order valence-electron chi connectivity index (χ1n) is 11.0. The van der Waals surface area contributed by atoms with Gasteiger partial charge in [0.05, 0.1) is 6.04 Å². The lowest BCUT2D eigenvalue weighted by molar-refractivity contribution is 0.0569. The van der Waals surface area contributed by atoms with Crippen LogP contribution < -0.4 is 4.90 Å². The van der Waals surface area contributed by atoms with Gasteiger partial charge in [0, 0.05) is 37.5 Å². The molecule has 3 aliphatic rings. The summed E-state index contributed by atoms with van der Waals surface area (Å²) in [4.78, 5) is 54.4. The summed E-state index contributed by atoms with van der Waals surface area (Å²) in [5.41, 5.74) is -2.44. The molecule has 0 N–H and O–H groups in total. The van der Waals surface area contributed by atoms with Gasteiger partial charge in [0.2, 0.25) is 5.82 Å². The summed E-state index contributed by atoms with van der Waals surface area (Å²) in [6, 6.07) is 4.04. The molecule has 6 rings (SSSR count). The first-order chi connectivity index (χ1) is 18.0. The molecule has 0 radical (unpaired) electrons. The number of hydrogen-bond acceptors (Lipinski definition) is 4. The summed E-state index contributed by atoms with van der Waals surface area (Å²) in [6.45, 7) is 0. The monoisotopic (exact) mass is 588 g/mol. The summed E-state index contributed by atoms with van der Waals surface area (Å²) in [5, 5.41) is -0.142. The Morgan fingerprint density at radius 3 is 1.53 bits per heavy atom. The van der Waals surface area contributed by atoms with E-state index in [1.54, 1.807) is 18.2 Å². The number of rotatable bonds is 2. The maximum atomic E-state index is 14.6. The third-order valence-corrected chi connectivity index (χ3v) is 7.20. The second-order valence-electron chi connectivity index (χ2n) is 8.67.